The Balaban J connectivity index is 1.84. The molecule has 12 heavy (non-hydrogen) atoms. The maximum atomic E-state index is 11.2. The first kappa shape index (κ1) is 7.55. The smallest absolute Gasteiger partial charge is 0.183 e. The average molecular weight is 165 g/mol. The van der Waals surface area contributed by atoms with E-state index in [4.69, 9.17) is 4.74 Å². The van der Waals surface area contributed by atoms with Crippen molar-refractivity contribution in [1.82, 2.24) is 4.90 Å². The third-order valence-corrected chi connectivity index (χ3v) is 1.90. The van der Waals surface area contributed by atoms with E-state index >= 15 is 0 Å². The minimum absolute atomic E-state index is 0.117. The predicted octanol–water partition coefficient (Wildman–Crippen LogP) is 0.687. The van der Waals surface area contributed by atoms with E-state index in [1.54, 1.807) is 0 Å². The second kappa shape index (κ2) is 3.11. The van der Waals surface area contributed by atoms with Gasteiger partial charge in [0.05, 0.1) is 13.2 Å². The second-order valence-electron chi connectivity index (χ2n) is 2.97. The van der Waals surface area contributed by atoms with Crippen LogP contribution < -0.4 is 0 Å². The minimum Gasteiger partial charge on any atom is -0.365 e. The highest BCUT2D eigenvalue weighted by Crippen LogP contribution is 2.12. The summed E-state index contributed by atoms with van der Waals surface area (Å²) in [6.07, 6.45) is 8.77. The van der Waals surface area contributed by atoms with E-state index in [-0.39, 0.29) is 11.9 Å². The molecule has 3 heteroatoms. The zero-order valence-electron chi connectivity index (χ0n) is 6.77. The molecular formula is C9H11NO2. The van der Waals surface area contributed by atoms with Crippen molar-refractivity contribution >= 4 is 5.78 Å². The molecule has 3 nitrogen and oxygen atoms in total. The number of hydrogen-bond acceptors (Lipinski definition) is 3. The van der Waals surface area contributed by atoms with Crippen LogP contribution in [0.5, 0.6) is 0 Å². The highest BCUT2D eigenvalue weighted by molar-refractivity contribution is 5.87. The molecule has 2 aliphatic heterocycles. The monoisotopic (exact) mass is 165 g/mol. The van der Waals surface area contributed by atoms with Crippen LogP contribution in [0.2, 0.25) is 0 Å². The van der Waals surface area contributed by atoms with Crippen molar-refractivity contribution in [2.45, 2.75) is 12.5 Å². The van der Waals surface area contributed by atoms with Crippen LogP contribution in [0.1, 0.15) is 6.42 Å². The fourth-order valence-electron chi connectivity index (χ4n) is 1.14. The predicted molar refractivity (Wildman–Crippen MR) is 44.4 cm³/mol. The molecule has 1 atom stereocenters. The number of hydrogen-bond donors (Lipinski definition) is 0. The van der Waals surface area contributed by atoms with Crippen LogP contribution in [0.25, 0.3) is 0 Å². The summed E-state index contributed by atoms with van der Waals surface area (Å²) in [6, 6.07) is 0. The molecule has 64 valence electrons. The van der Waals surface area contributed by atoms with Crippen molar-refractivity contribution in [3.8, 4) is 0 Å². The van der Waals surface area contributed by atoms with Gasteiger partial charge >= 0.3 is 0 Å². The first-order chi connectivity index (χ1) is 5.86. The van der Waals surface area contributed by atoms with E-state index in [2.05, 4.69) is 0 Å². The highest BCUT2D eigenvalue weighted by atomic mass is 16.6. The fourth-order valence-corrected chi connectivity index (χ4v) is 1.14. The largest absolute Gasteiger partial charge is 0.365 e. The van der Waals surface area contributed by atoms with Crippen molar-refractivity contribution in [2.75, 3.05) is 13.2 Å². The molecule has 2 heterocycles. The SMILES string of the molecule is O=C(CN1C=CCC=C1)C1CO1. The molecule has 0 amide bonds. The minimum atomic E-state index is -0.117. The zero-order chi connectivity index (χ0) is 8.39. The van der Waals surface area contributed by atoms with Crippen LogP contribution in [0, 0.1) is 0 Å². The van der Waals surface area contributed by atoms with E-state index in [0.717, 1.165) is 6.42 Å². The third-order valence-electron chi connectivity index (χ3n) is 1.90. The Kier molecular flexibility index (Phi) is 1.96. The maximum absolute atomic E-state index is 11.2. The number of ether oxygens (including phenoxy) is 1. The lowest BCUT2D eigenvalue weighted by Gasteiger charge is -2.15. The van der Waals surface area contributed by atoms with Crippen molar-refractivity contribution in [1.29, 1.82) is 0 Å². The molecule has 0 aromatic heterocycles. The average Bonchev–Trinajstić information content (AvgIpc) is 2.88. The van der Waals surface area contributed by atoms with Gasteiger partial charge in [0, 0.05) is 12.4 Å². The van der Waals surface area contributed by atoms with Crippen LogP contribution >= 0.6 is 0 Å². The molecule has 1 fully saturated rings. The van der Waals surface area contributed by atoms with Gasteiger partial charge in [0.25, 0.3) is 0 Å². The molecule has 1 saturated heterocycles. The molecule has 0 aromatic carbocycles. The molecule has 0 aliphatic carbocycles. The van der Waals surface area contributed by atoms with Crippen LogP contribution in [0.4, 0.5) is 0 Å². The van der Waals surface area contributed by atoms with Gasteiger partial charge in [-0.05, 0) is 6.42 Å². The Labute approximate surface area is 71.3 Å². The molecule has 2 rings (SSSR count). The molecule has 2 aliphatic rings. The van der Waals surface area contributed by atoms with Gasteiger partial charge in [-0.2, -0.15) is 0 Å². The van der Waals surface area contributed by atoms with Crippen molar-refractivity contribution < 1.29 is 9.53 Å². The Bertz CT molecular complexity index is 229. The van der Waals surface area contributed by atoms with E-state index < -0.39 is 0 Å². The standard InChI is InChI=1S/C9H11NO2/c11-8(9-7-12-9)6-10-4-2-1-3-5-10/h2-5,9H,1,6-7H2. The van der Waals surface area contributed by atoms with Gasteiger partial charge < -0.3 is 9.64 Å². The van der Waals surface area contributed by atoms with Crippen molar-refractivity contribution in [3.63, 3.8) is 0 Å². The summed E-state index contributed by atoms with van der Waals surface area (Å²) >= 11 is 0. The summed E-state index contributed by atoms with van der Waals surface area (Å²) in [6.45, 7) is 1.05. The number of epoxide rings is 1. The molecule has 1 unspecified atom stereocenters. The number of ketones is 1. The van der Waals surface area contributed by atoms with Crippen LogP contribution in [-0.4, -0.2) is 29.9 Å². The third kappa shape index (κ3) is 1.74. The van der Waals surface area contributed by atoms with Crippen molar-refractivity contribution in [2.24, 2.45) is 0 Å². The van der Waals surface area contributed by atoms with E-state index in [1.165, 1.54) is 0 Å². The van der Waals surface area contributed by atoms with Gasteiger partial charge in [-0.15, -0.1) is 0 Å². The van der Waals surface area contributed by atoms with Gasteiger partial charge in [0.2, 0.25) is 0 Å². The Morgan fingerprint density at radius 2 is 2.17 bits per heavy atom. The first-order valence-electron chi connectivity index (χ1n) is 4.09. The number of Topliss-reactive ketones (excluding diaryl/α,β-unsaturated/α-hetero) is 1. The topological polar surface area (TPSA) is 32.8 Å². The van der Waals surface area contributed by atoms with Crippen LogP contribution in [0.15, 0.2) is 24.6 Å². The number of nitrogens with zero attached hydrogens (tertiary/aromatic N) is 1. The lowest BCUT2D eigenvalue weighted by atomic mass is 10.2. The van der Waals surface area contributed by atoms with Gasteiger partial charge in [-0.25, -0.2) is 0 Å². The fraction of sp³-hybridized carbons (Fsp3) is 0.444. The molecule has 0 saturated carbocycles. The molecule has 0 aromatic rings. The Morgan fingerprint density at radius 1 is 1.50 bits per heavy atom. The van der Waals surface area contributed by atoms with Crippen LogP contribution in [0.3, 0.4) is 0 Å². The summed E-state index contributed by atoms with van der Waals surface area (Å²) in [5, 5.41) is 0. The number of rotatable bonds is 3. The normalized spacial score (nSPS) is 26.0. The Morgan fingerprint density at radius 3 is 2.75 bits per heavy atom. The molecular weight excluding hydrogens is 154 g/mol. The summed E-state index contributed by atoms with van der Waals surface area (Å²) in [4.78, 5) is 13.1. The van der Waals surface area contributed by atoms with Gasteiger partial charge in [0.1, 0.15) is 6.10 Å². The van der Waals surface area contributed by atoms with Gasteiger partial charge in [-0.1, -0.05) is 12.2 Å². The summed E-state index contributed by atoms with van der Waals surface area (Å²) in [5.74, 6) is 0.172. The second-order valence-corrected chi connectivity index (χ2v) is 2.97. The van der Waals surface area contributed by atoms with E-state index in [1.807, 2.05) is 29.5 Å². The molecule has 0 bridgehead atoms. The highest BCUT2D eigenvalue weighted by Gasteiger charge is 2.31. The molecule has 0 spiro atoms. The Hall–Kier alpha value is -1.09. The quantitative estimate of drug-likeness (QED) is 0.577. The van der Waals surface area contributed by atoms with Gasteiger partial charge in [-0.3, -0.25) is 4.79 Å². The first-order valence-corrected chi connectivity index (χ1v) is 4.09. The number of carbonyl (C=O) groups is 1. The zero-order valence-corrected chi connectivity index (χ0v) is 6.77. The molecule has 0 N–H and O–H groups in total. The van der Waals surface area contributed by atoms with Crippen molar-refractivity contribution in [3.05, 3.63) is 24.6 Å². The van der Waals surface area contributed by atoms with E-state index in [9.17, 15) is 4.79 Å². The lowest BCUT2D eigenvalue weighted by Crippen LogP contribution is -2.24. The van der Waals surface area contributed by atoms with E-state index in [0.29, 0.717) is 13.2 Å². The van der Waals surface area contributed by atoms with Gasteiger partial charge in [0.15, 0.2) is 5.78 Å². The van der Waals surface area contributed by atoms with Crippen LogP contribution in [-0.2, 0) is 9.53 Å². The maximum Gasteiger partial charge on any atom is 0.183 e. The number of carbonyl (C=O) groups excluding carboxylic acids is 1. The summed E-state index contributed by atoms with van der Waals surface area (Å²) < 4.78 is 4.89. The lowest BCUT2D eigenvalue weighted by molar-refractivity contribution is -0.120. The molecule has 0 radical (unpaired) electrons. The summed E-state index contributed by atoms with van der Waals surface area (Å²) in [5.41, 5.74) is 0. The number of allylic oxidation sites excluding steroid dienone is 2. The summed E-state index contributed by atoms with van der Waals surface area (Å²) in [7, 11) is 0.